The van der Waals surface area contributed by atoms with Crippen LogP contribution in [0, 0.1) is 6.07 Å². The van der Waals surface area contributed by atoms with Crippen molar-refractivity contribution in [3.05, 3.63) is 203 Å². The Hall–Kier alpha value is -7.15. The van der Waals surface area contributed by atoms with Crippen LogP contribution in [0.1, 0.15) is 28.4 Å². The number of benzene rings is 6. The number of nitrogens with zero attached hydrogens (tertiary/aromatic N) is 4. The van der Waals surface area contributed by atoms with Crippen LogP contribution in [0.25, 0.3) is 55.0 Å². The van der Waals surface area contributed by atoms with Crippen molar-refractivity contribution in [2.45, 2.75) is 20.0 Å². The van der Waals surface area contributed by atoms with Crippen LogP contribution < -0.4 is 10.5 Å². The van der Waals surface area contributed by atoms with Gasteiger partial charge in [-0.15, -0.1) is 5.56 Å². The molecule has 0 saturated heterocycles. The molecule has 9 rings (SSSR count). The fourth-order valence-electron chi connectivity index (χ4n) is 8.31. The number of hydrogen-bond acceptors (Lipinski definition) is 17. The van der Waals surface area contributed by atoms with Crippen molar-refractivity contribution in [3.63, 3.8) is 0 Å². The molecular formula is C62H69N4O15S2Tc-3. The molecule has 0 aliphatic rings. The monoisotopic (exact) mass is 1270 g/mol. The number of pyridine rings is 3. The van der Waals surface area contributed by atoms with E-state index >= 15 is 0 Å². The second-order valence-electron chi connectivity index (χ2n) is 17.6. The zero-order chi connectivity index (χ0) is 60.8. The Balaban J connectivity index is 0.000000379. The van der Waals surface area contributed by atoms with Gasteiger partial charge in [-0.25, -0.2) is 16.8 Å². The zero-order valence-corrected chi connectivity index (χ0v) is 51.0. The van der Waals surface area contributed by atoms with Crippen LogP contribution in [-0.2, 0) is 79.4 Å². The van der Waals surface area contributed by atoms with Gasteiger partial charge in [-0.05, 0) is 64.6 Å². The van der Waals surface area contributed by atoms with Crippen molar-refractivity contribution in [1.82, 2.24) is 14.5 Å². The molecule has 0 unspecified atom stereocenters. The Kier molecular flexibility index (Phi) is 31.5. The summed E-state index contributed by atoms with van der Waals surface area (Å²) in [6, 6.07) is 54.6. The number of hydrogen-bond donors (Lipinski definition) is 3. The Morgan fingerprint density at radius 2 is 1.07 bits per heavy atom. The molecule has 0 aliphatic heterocycles. The van der Waals surface area contributed by atoms with E-state index in [-0.39, 0.29) is 44.6 Å². The van der Waals surface area contributed by atoms with Gasteiger partial charge in [0.25, 0.3) is 11.5 Å². The summed E-state index contributed by atoms with van der Waals surface area (Å²) in [6.45, 7) is 5.45. The molecule has 84 heavy (non-hydrogen) atoms. The standard InChI is InChI=1S/C34H39N2O7.C24H16N2.2CH4O3S.2CH4O.Tc/c1-3-27-13-10-16-29-30(27)32(37)31(33(38)35(29)2)34(39)36(28-14-8-5-9-15-28)17-18-40-19-20-41-21-22-42-23-24-43-25-26-11-6-4-7-12-26;1-3-7-17(8-4-1)19-13-15-25-23-21(19)11-12-22-20(14-16-26-24(22)23)18-9-5-2-6-10-18;2*1-5(2,3)4;2*1-2;/h4-6,8-16,37H,3,17-25H2,1-2H3;1-16H;2*1H3,(H,2,3,4);2*2H,1H3;/q-1;;;;;;/p-2/i;;;;;;1+1. The van der Waals surface area contributed by atoms with Gasteiger partial charge in [-0.3, -0.25) is 19.6 Å². The topological polar surface area (TPSA) is 280 Å². The number of para-hydroxylation sites is 1. The van der Waals surface area contributed by atoms with E-state index in [1.165, 1.54) is 31.7 Å². The Bertz CT molecular complexity index is 3560. The zero-order valence-electron chi connectivity index (χ0n) is 47.5. The van der Waals surface area contributed by atoms with Crippen LogP contribution in [0.4, 0.5) is 5.69 Å². The quantitative estimate of drug-likeness (QED) is 0.0298. The number of aliphatic hydroxyl groups excluding tert-OH is 2. The van der Waals surface area contributed by atoms with E-state index < -0.39 is 31.7 Å². The first kappa shape index (κ1) is 71.1. The second kappa shape index (κ2) is 37.2. The van der Waals surface area contributed by atoms with Gasteiger partial charge in [0.1, 0.15) is 11.3 Å². The van der Waals surface area contributed by atoms with Crippen LogP contribution in [0.5, 0.6) is 5.75 Å². The summed E-state index contributed by atoms with van der Waals surface area (Å²) in [5.41, 5.74) is 8.94. The van der Waals surface area contributed by atoms with E-state index in [9.17, 15) is 14.7 Å². The first-order valence-corrected chi connectivity index (χ1v) is 29.5. The van der Waals surface area contributed by atoms with Crippen molar-refractivity contribution in [1.29, 1.82) is 0 Å². The van der Waals surface area contributed by atoms with E-state index in [1.807, 2.05) is 86.0 Å². The molecular weight excluding hydrogens is 1200 g/mol. The van der Waals surface area contributed by atoms with Gasteiger partial charge in [-0.2, -0.15) is 30.3 Å². The van der Waals surface area contributed by atoms with Gasteiger partial charge < -0.3 is 52.8 Å². The summed E-state index contributed by atoms with van der Waals surface area (Å²) >= 11 is 0. The predicted molar refractivity (Wildman–Crippen MR) is 321 cm³/mol. The third-order valence-electron chi connectivity index (χ3n) is 11.8. The van der Waals surface area contributed by atoms with Crippen molar-refractivity contribution < 1.29 is 85.1 Å². The molecule has 449 valence electrons. The molecule has 0 atom stereocenters. The van der Waals surface area contributed by atoms with E-state index in [4.69, 9.17) is 55.1 Å². The van der Waals surface area contributed by atoms with Crippen LogP contribution >= 0.6 is 0 Å². The molecule has 3 aromatic heterocycles. The fourth-order valence-corrected chi connectivity index (χ4v) is 8.31. The van der Waals surface area contributed by atoms with Gasteiger partial charge in [0.2, 0.25) is 0 Å². The van der Waals surface area contributed by atoms with E-state index in [0.717, 1.165) is 47.2 Å². The maximum Gasteiger partial charge on any atom is 0.267 e. The fraction of sp³-hybridized carbons (Fsp3) is 0.258. The van der Waals surface area contributed by atoms with Crippen molar-refractivity contribution >= 4 is 64.5 Å². The number of aryl methyl sites for hydroxylation is 2. The van der Waals surface area contributed by atoms with Crippen molar-refractivity contribution in [2.24, 2.45) is 7.05 Å². The Labute approximate surface area is 504 Å². The normalized spacial score (nSPS) is 10.7. The van der Waals surface area contributed by atoms with Gasteiger partial charge in [0, 0.05) is 101 Å². The average molecular weight is 1270 g/mol. The number of carbonyl (C=O) groups excluding carboxylic acids is 1. The number of aliphatic hydroxyl groups is 2. The first-order chi connectivity index (χ1) is 39.9. The molecule has 0 bridgehead atoms. The summed E-state index contributed by atoms with van der Waals surface area (Å²) < 4.78 is 78.3. The van der Waals surface area contributed by atoms with Crippen LogP contribution in [0.3, 0.4) is 0 Å². The van der Waals surface area contributed by atoms with E-state index in [2.05, 4.69) is 88.8 Å². The molecule has 0 spiro atoms. The summed E-state index contributed by atoms with van der Waals surface area (Å²) in [5.74, 6) is -0.875. The molecule has 22 heteroatoms. The summed E-state index contributed by atoms with van der Waals surface area (Å²) in [5, 5.41) is 28.0. The number of amides is 1. The van der Waals surface area contributed by atoms with E-state index in [0.29, 0.717) is 81.8 Å². The molecule has 19 nitrogen and oxygen atoms in total. The molecule has 6 aromatic carbocycles. The number of aromatic nitrogens is 3. The SMILES string of the molecule is CCc1cccc2c1c(O)c(C(=O)N(CCOCCOCCOCCOCc1c[c-]ccc1)c1ccccc1)c(=O)n2C.CO.CO.CS(=O)(=O)[O-].CS(=O)(=O)[O-].[99Tc].c1ccc(-c2ccnc3c2ccc2c(-c4ccccc4)ccnc23)cc1. The number of aromatic hydroxyl groups is 1. The third-order valence-corrected chi connectivity index (χ3v) is 11.8. The summed E-state index contributed by atoms with van der Waals surface area (Å²) in [4.78, 5) is 37.9. The number of fused-ring (bicyclic) bond motifs is 4. The van der Waals surface area contributed by atoms with E-state index in [1.54, 1.807) is 25.2 Å². The van der Waals surface area contributed by atoms with Gasteiger partial charge >= 0.3 is 0 Å². The number of rotatable bonds is 19. The molecule has 3 heterocycles. The van der Waals surface area contributed by atoms with Crippen LogP contribution in [0.2, 0.25) is 0 Å². The van der Waals surface area contributed by atoms with Crippen LogP contribution in [0.15, 0.2) is 175 Å². The van der Waals surface area contributed by atoms with Gasteiger partial charge in [0.05, 0.1) is 83.0 Å². The first-order valence-electron chi connectivity index (χ1n) is 25.9. The summed E-state index contributed by atoms with van der Waals surface area (Å²) in [7, 11) is -4.22. The maximum absolute atomic E-state index is 13.8. The Morgan fingerprint density at radius 1 is 0.619 bits per heavy atom. The molecule has 9 aromatic rings. The molecule has 0 fully saturated rings. The minimum absolute atomic E-state index is 0. The molecule has 1 radical (unpaired) electrons. The van der Waals surface area contributed by atoms with Crippen molar-refractivity contribution in [2.75, 3.05) is 84.4 Å². The number of ether oxygens (including phenoxy) is 4. The minimum Gasteiger partial charge on any atom is -0.748 e. The average Bonchev–Trinajstić information content (AvgIpc) is 1.75. The minimum atomic E-state index is -3.92. The van der Waals surface area contributed by atoms with Gasteiger partial charge in [-0.1, -0.05) is 110 Å². The smallest absolute Gasteiger partial charge is 0.267 e. The van der Waals surface area contributed by atoms with Crippen LogP contribution in [-0.4, -0.2) is 141 Å². The van der Waals surface area contributed by atoms with Crippen molar-refractivity contribution in [3.8, 4) is 28.0 Å². The largest absolute Gasteiger partial charge is 0.748 e. The number of anilines is 1. The third kappa shape index (κ3) is 22.8. The number of carbonyl (C=O) groups is 1. The maximum atomic E-state index is 13.8. The predicted octanol–water partition coefficient (Wildman–Crippen LogP) is 8.17. The molecule has 0 saturated carbocycles. The van der Waals surface area contributed by atoms with Gasteiger partial charge in [0.15, 0.2) is 0 Å². The Morgan fingerprint density at radius 3 is 1.52 bits per heavy atom. The second-order valence-corrected chi connectivity index (χ2v) is 20.4. The molecule has 0 aliphatic carbocycles. The molecule has 3 N–H and O–H groups in total. The summed E-state index contributed by atoms with van der Waals surface area (Å²) in [6.07, 6.45) is 5.60. The molecule has 1 amide bonds.